The summed E-state index contributed by atoms with van der Waals surface area (Å²) >= 11 is 1.43. The molecule has 2 rings (SSSR count). The van der Waals surface area contributed by atoms with Gasteiger partial charge >= 0.3 is 0 Å². The van der Waals surface area contributed by atoms with Crippen LogP contribution in [0.2, 0.25) is 0 Å². The standard InChI is InChI=1S/C12H14N2O3S2/c1-9-12(18-8-13-9)7-14(2)19(16,17)11-5-3-10(15)4-6-11/h3-6,8,15H,7H2,1-2H3. The van der Waals surface area contributed by atoms with Crippen LogP contribution in [-0.4, -0.2) is 29.9 Å². The van der Waals surface area contributed by atoms with Crippen LogP contribution in [0.1, 0.15) is 10.6 Å². The zero-order chi connectivity index (χ0) is 14.0. The Labute approximate surface area is 116 Å². The van der Waals surface area contributed by atoms with Gasteiger partial charge in [0.15, 0.2) is 0 Å². The summed E-state index contributed by atoms with van der Waals surface area (Å²) in [5, 5.41) is 9.19. The van der Waals surface area contributed by atoms with Crippen molar-refractivity contribution in [2.45, 2.75) is 18.4 Å². The second-order valence-electron chi connectivity index (χ2n) is 4.12. The summed E-state index contributed by atoms with van der Waals surface area (Å²) in [6.07, 6.45) is 0. The molecule has 1 aromatic heterocycles. The molecule has 0 unspecified atom stereocenters. The van der Waals surface area contributed by atoms with Gasteiger partial charge in [0, 0.05) is 18.5 Å². The van der Waals surface area contributed by atoms with Gasteiger partial charge in [-0.15, -0.1) is 11.3 Å². The maximum Gasteiger partial charge on any atom is 0.243 e. The predicted molar refractivity (Wildman–Crippen MR) is 73.6 cm³/mol. The maximum atomic E-state index is 12.3. The Kier molecular flexibility index (Phi) is 3.88. The van der Waals surface area contributed by atoms with E-state index in [0.29, 0.717) is 6.54 Å². The minimum Gasteiger partial charge on any atom is -0.508 e. The Morgan fingerprint density at radius 2 is 1.95 bits per heavy atom. The van der Waals surface area contributed by atoms with Crippen molar-refractivity contribution in [3.05, 3.63) is 40.3 Å². The van der Waals surface area contributed by atoms with E-state index in [0.717, 1.165) is 10.6 Å². The molecule has 0 saturated heterocycles. The molecule has 0 aliphatic carbocycles. The molecule has 0 fully saturated rings. The second kappa shape index (κ2) is 5.28. The fourth-order valence-electron chi connectivity index (χ4n) is 1.56. The van der Waals surface area contributed by atoms with E-state index in [2.05, 4.69) is 4.98 Å². The molecule has 0 amide bonds. The molecule has 1 N–H and O–H groups in total. The molecule has 2 aromatic rings. The summed E-state index contributed by atoms with van der Waals surface area (Å²) in [5.41, 5.74) is 2.55. The van der Waals surface area contributed by atoms with Crippen LogP contribution in [-0.2, 0) is 16.6 Å². The van der Waals surface area contributed by atoms with Gasteiger partial charge in [-0.05, 0) is 31.2 Å². The highest BCUT2D eigenvalue weighted by Crippen LogP contribution is 2.21. The number of hydrogen-bond donors (Lipinski definition) is 1. The zero-order valence-electron chi connectivity index (χ0n) is 10.6. The van der Waals surface area contributed by atoms with Crippen LogP contribution in [0.25, 0.3) is 0 Å². The van der Waals surface area contributed by atoms with Crippen LogP contribution in [0.3, 0.4) is 0 Å². The van der Waals surface area contributed by atoms with Gasteiger partial charge in [-0.1, -0.05) is 0 Å². The Balaban J connectivity index is 2.24. The Morgan fingerprint density at radius 3 is 2.47 bits per heavy atom. The van der Waals surface area contributed by atoms with Crippen molar-refractivity contribution in [1.29, 1.82) is 0 Å². The molecule has 5 nitrogen and oxygen atoms in total. The van der Waals surface area contributed by atoms with E-state index in [1.54, 1.807) is 5.51 Å². The molecule has 19 heavy (non-hydrogen) atoms. The number of nitrogens with zero attached hydrogens (tertiary/aromatic N) is 2. The molecule has 0 aliphatic rings. The highest BCUT2D eigenvalue weighted by Gasteiger charge is 2.21. The Bertz CT molecular complexity index is 663. The lowest BCUT2D eigenvalue weighted by atomic mass is 10.3. The molecule has 0 aliphatic heterocycles. The zero-order valence-corrected chi connectivity index (χ0v) is 12.2. The van der Waals surface area contributed by atoms with E-state index >= 15 is 0 Å². The van der Waals surface area contributed by atoms with E-state index in [4.69, 9.17) is 0 Å². The lowest BCUT2D eigenvalue weighted by molar-refractivity contribution is 0.466. The van der Waals surface area contributed by atoms with Crippen molar-refractivity contribution in [3.8, 4) is 5.75 Å². The molecule has 0 saturated carbocycles. The highest BCUT2D eigenvalue weighted by atomic mass is 32.2. The number of thiazole rings is 1. The summed E-state index contributed by atoms with van der Waals surface area (Å²) < 4.78 is 25.9. The van der Waals surface area contributed by atoms with Crippen molar-refractivity contribution in [2.24, 2.45) is 0 Å². The molecule has 0 spiro atoms. The number of aromatic hydroxyl groups is 1. The lowest BCUT2D eigenvalue weighted by Crippen LogP contribution is -2.26. The predicted octanol–water partition coefficient (Wildman–Crippen LogP) is 1.98. The first kappa shape index (κ1) is 14.0. The van der Waals surface area contributed by atoms with Gasteiger partial charge in [-0.3, -0.25) is 0 Å². The Morgan fingerprint density at radius 1 is 1.32 bits per heavy atom. The fourth-order valence-corrected chi connectivity index (χ4v) is 3.61. The van der Waals surface area contributed by atoms with Crippen molar-refractivity contribution in [1.82, 2.24) is 9.29 Å². The van der Waals surface area contributed by atoms with Crippen LogP contribution >= 0.6 is 11.3 Å². The van der Waals surface area contributed by atoms with Crippen LogP contribution in [0.5, 0.6) is 5.75 Å². The SMILES string of the molecule is Cc1ncsc1CN(C)S(=O)(=O)c1ccc(O)cc1. The van der Waals surface area contributed by atoms with Crippen molar-refractivity contribution in [2.75, 3.05) is 7.05 Å². The first-order valence-corrected chi connectivity index (χ1v) is 7.87. The molecule has 0 bridgehead atoms. The number of hydrogen-bond acceptors (Lipinski definition) is 5. The largest absolute Gasteiger partial charge is 0.508 e. The lowest BCUT2D eigenvalue weighted by Gasteiger charge is -2.16. The van der Waals surface area contributed by atoms with E-state index in [1.807, 2.05) is 6.92 Å². The average Bonchev–Trinajstić information content (AvgIpc) is 2.75. The third kappa shape index (κ3) is 2.94. The number of aryl methyl sites for hydroxylation is 1. The quantitative estimate of drug-likeness (QED) is 0.937. The van der Waals surface area contributed by atoms with E-state index in [9.17, 15) is 13.5 Å². The van der Waals surface area contributed by atoms with Crippen LogP contribution in [0, 0.1) is 6.92 Å². The summed E-state index contributed by atoms with van der Waals surface area (Å²) in [7, 11) is -2.02. The number of aromatic nitrogens is 1. The van der Waals surface area contributed by atoms with Gasteiger partial charge in [0.1, 0.15) is 5.75 Å². The minimum atomic E-state index is -3.55. The first-order chi connectivity index (χ1) is 8.91. The summed E-state index contributed by atoms with van der Waals surface area (Å²) in [4.78, 5) is 5.18. The number of phenols is 1. The van der Waals surface area contributed by atoms with Gasteiger partial charge < -0.3 is 5.11 Å². The van der Waals surface area contributed by atoms with E-state index in [1.165, 1.54) is 47.0 Å². The van der Waals surface area contributed by atoms with Crippen molar-refractivity contribution < 1.29 is 13.5 Å². The van der Waals surface area contributed by atoms with E-state index < -0.39 is 10.0 Å². The van der Waals surface area contributed by atoms with Crippen molar-refractivity contribution >= 4 is 21.4 Å². The number of sulfonamides is 1. The smallest absolute Gasteiger partial charge is 0.243 e. The monoisotopic (exact) mass is 298 g/mol. The van der Waals surface area contributed by atoms with Crippen LogP contribution < -0.4 is 0 Å². The van der Waals surface area contributed by atoms with Gasteiger partial charge in [0.25, 0.3) is 0 Å². The third-order valence-corrected chi connectivity index (χ3v) is 5.49. The van der Waals surface area contributed by atoms with E-state index in [-0.39, 0.29) is 10.6 Å². The topological polar surface area (TPSA) is 70.5 Å². The molecule has 1 aromatic carbocycles. The Hall–Kier alpha value is -1.44. The van der Waals surface area contributed by atoms with Gasteiger partial charge in [0.2, 0.25) is 10.0 Å². The fraction of sp³-hybridized carbons (Fsp3) is 0.250. The van der Waals surface area contributed by atoms with Crippen LogP contribution in [0.4, 0.5) is 0 Å². The number of rotatable bonds is 4. The average molecular weight is 298 g/mol. The minimum absolute atomic E-state index is 0.0416. The maximum absolute atomic E-state index is 12.3. The summed E-state index contributed by atoms with van der Waals surface area (Å²) in [6.45, 7) is 2.15. The third-order valence-electron chi connectivity index (χ3n) is 2.76. The molecule has 1 heterocycles. The highest BCUT2D eigenvalue weighted by molar-refractivity contribution is 7.89. The molecular formula is C12H14N2O3S2. The van der Waals surface area contributed by atoms with Gasteiger partial charge in [-0.25, -0.2) is 13.4 Å². The summed E-state index contributed by atoms with van der Waals surface area (Å²) in [6, 6.07) is 5.50. The van der Waals surface area contributed by atoms with Gasteiger partial charge in [0.05, 0.1) is 16.1 Å². The molecule has 0 radical (unpaired) electrons. The normalized spacial score (nSPS) is 11.9. The first-order valence-electron chi connectivity index (χ1n) is 5.55. The van der Waals surface area contributed by atoms with Gasteiger partial charge in [-0.2, -0.15) is 4.31 Å². The molecule has 7 heteroatoms. The number of phenolic OH excluding ortho intramolecular Hbond substituents is 1. The van der Waals surface area contributed by atoms with Crippen molar-refractivity contribution in [3.63, 3.8) is 0 Å². The second-order valence-corrected chi connectivity index (χ2v) is 7.10. The summed E-state index contributed by atoms with van der Waals surface area (Å²) in [5.74, 6) is 0.0416. The molecule has 0 atom stereocenters. The molecular weight excluding hydrogens is 284 g/mol. The van der Waals surface area contributed by atoms with Crippen LogP contribution in [0.15, 0.2) is 34.7 Å². The number of benzene rings is 1. The molecule has 102 valence electrons.